The van der Waals surface area contributed by atoms with Crippen molar-refractivity contribution in [1.29, 1.82) is 0 Å². The lowest BCUT2D eigenvalue weighted by Gasteiger charge is -2.27. The molecule has 0 amide bonds. The maximum atomic E-state index is 12.6. The monoisotopic (exact) mass is 435 g/mol. The number of methoxy groups -OCH3 is 1. The number of aromatic hydroxyl groups is 1. The maximum absolute atomic E-state index is 12.6. The highest BCUT2D eigenvalue weighted by atomic mass is 16.5. The van der Waals surface area contributed by atoms with Crippen LogP contribution in [0.2, 0.25) is 0 Å². The highest BCUT2D eigenvalue weighted by Crippen LogP contribution is 2.25. The first kappa shape index (κ1) is 21.9. The van der Waals surface area contributed by atoms with Gasteiger partial charge >= 0.3 is 5.97 Å². The number of aryl methyl sites for hydroxylation is 2. The average Bonchev–Trinajstić information content (AvgIpc) is 3.18. The molecule has 32 heavy (non-hydrogen) atoms. The second-order valence-corrected chi connectivity index (χ2v) is 7.94. The Kier molecular flexibility index (Phi) is 6.75. The van der Waals surface area contributed by atoms with E-state index in [1.165, 1.54) is 5.56 Å². The Balaban J connectivity index is 1.52. The minimum Gasteiger partial charge on any atom is -0.508 e. The van der Waals surface area contributed by atoms with Crippen molar-refractivity contribution in [3.63, 3.8) is 0 Å². The van der Waals surface area contributed by atoms with E-state index in [1.54, 1.807) is 19.2 Å². The fourth-order valence-electron chi connectivity index (χ4n) is 4.12. The van der Waals surface area contributed by atoms with Crippen molar-refractivity contribution >= 4 is 5.97 Å². The van der Waals surface area contributed by atoms with Crippen molar-refractivity contribution in [2.45, 2.75) is 39.4 Å². The second-order valence-electron chi connectivity index (χ2n) is 7.94. The summed E-state index contributed by atoms with van der Waals surface area (Å²) in [4.78, 5) is 14.9. The number of carbonyl (C=O) groups excluding carboxylic acids is 1. The molecular formula is C25H29N3O4. The fourth-order valence-corrected chi connectivity index (χ4v) is 4.12. The zero-order chi connectivity index (χ0) is 22.5. The average molecular weight is 436 g/mol. The van der Waals surface area contributed by atoms with Gasteiger partial charge in [-0.3, -0.25) is 9.58 Å². The minimum absolute atomic E-state index is 0.261. The van der Waals surface area contributed by atoms with Crippen LogP contribution in [0.15, 0.2) is 48.5 Å². The Bertz CT molecular complexity index is 1060. The number of fused-ring (bicyclic) bond motifs is 1. The molecule has 0 fully saturated rings. The van der Waals surface area contributed by atoms with Crippen LogP contribution >= 0.6 is 0 Å². The molecule has 1 N–H and O–H groups in total. The molecule has 0 spiro atoms. The van der Waals surface area contributed by atoms with Crippen LogP contribution in [0.25, 0.3) is 0 Å². The third-order valence-corrected chi connectivity index (χ3v) is 5.80. The normalized spacial score (nSPS) is 13.6. The highest BCUT2D eigenvalue weighted by molar-refractivity contribution is 5.89. The van der Waals surface area contributed by atoms with Gasteiger partial charge in [-0.05, 0) is 48.7 Å². The van der Waals surface area contributed by atoms with Crippen LogP contribution < -0.4 is 4.74 Å². The van der Waals surface area contributed by atoms with Gasteiger partial charge in [0.25, 0.3) is 0 Å². The van der Waals surface area contributed by atoms with Crippen LogP contribution in [0, 0.1) is 0 Å². The number of phenols is 1. The van der Waals surface area contributed by atoms with Gasteiger partial charge in [0, 0.05) is 43.9 Å². The van der Waals surface area contributed by atoms with E-state index in [0.717, 1.165) is 48.5 Å². The number of hydrogen-bond donors (Lipinski definition) is 1. The van der Waals surface area contributed by atoms with Crippen molar-refractivity contribution in [2.75, 3.05) is 20.3 Å². The number of aromatic nitrogens is 2. The number of ether oxygens (including phenoxy) is 2. The molecular weight excluding hydrogens is 406 g/mol. The number of hydrogen-bond acceptors (Lipinski definition) is 6. The minimum atomic E-state index is -0.363. The molecule has 0 saturated heterocycles. The van der Waals surface area contributed by atoms with Gasteiger partial charge in [0.15, 0.2) is 5.69 Å². The summed E-state index contributed by atoms with van der Waals surface area (Å²) in [5.41, 5.74) is 4.81. The number of nitrogens with zero attached hydrogens (tertiary/aromatic N) is 3. The Hall–Kier alpha value is -3.32. The van der Waals surface area contributed by atoms with E-state index in [0.29, 0.717) is 25.4 Å². The van der Waals surface area contributed by atoms with Crippen molar-refractivity contribution in [3.05, 3.63) is 76.6 Å². The quantitative estimate of drug-likeness (QED) is 0.545. The first-order valence-electron chi connectivity index (χ1n) is 11.0. The number of benzene rings is 2. The molecule has 7 heteroatoms. The number of rotatable bonds is 8. The van der Waals surface area contributed by atoms with Crippen LogP contribution in [-0.4, -0.2) is 46.0 Å². The molecule has 168 valence electrons. The Morgan fingerprint density at radius 1 is 1.09 bits per heavy atom. The number of esters is 1. The van der Waals surface area contributed by atoms with Gasteiger partial charge in [-0.25, -0.2) is 4.79 Å². The van der Waals surface area contributed by atoms with E-state index in [9.17, 15) is 9.90 Å². The highest BCUT2D eigenvalue weighted by Gasteiger charge is 2.28. The zero-order valence-corrected chi connectivity index (χ0v) is 18.6. The summed E-state index contributed by atoms with van der Waals surface area (Å²) in [6.07, 6.45) is 1.64. The molecule has 1 aliphatic heterocycles. The van der Waals surface area contributed by atoms with Crippen LogP contribution in [0.3, 0.4) is 0 Å². The largest absolute Gasteiger partial charge is 0.508 e. The molecule has 4 rings (SSSR count). The topological polar surface area (TPSA) is 76.8 Å². The first-order valence-corrected chi connectivity index (χ1v) is 11.0. The molecule has 0 unspecified atom stereocenters. The SMILES string of the molecule is CCOC(=O)c1nn(CCc2ccc(OC)cc2)c2c1CN(Cc1ccc(O)cc1)CC2. The summed E-state index contributed by atoms with van der Waals surface area (Å²) in [6, 6.07) is 15.3. The van der Waals surface area contributed by atoms with Gasteiger partial charge < -0.3 is 14.6 Å². The maximum Gasteiger partial charge on any atom is 0.359 e. The van der Waals surface area contributed by atoms with Gasteiger partial charge in [-0.1, -0.05) is 24.3 Å². The van der Waals surface area contributed by atoms with Crippen molar-refractivity contribution in [3.8, 4) is 11.5 Å². The Morgan fingerprint density at radius 3 is 2.50 bits per heavy atom. The van der Waals surface area contributed by atoms with Gasteiger partial charge in [-0.15, -0.1) is 0 Å². The van der Waals surface area contributed by atoms with Gasteiger partial charge in [-0.2, -0.15) is 5.10 Å². The van der Waals surface area contributed by atoms with E-state index < -0.39 is 0 Å². The third-order valence-electron chi connectivity index (χ3n) is 5.80. The smallest absolute Gasteiger partial charge is 0.359 e. The fraction of sp³-hybridized carbons (Fsp3) is 0.360. The predicted molar refractivity (Wildman–Crippen MR) is 121 cm³/mol. The third kappa shape index (κ3) is 4.94. The molecule has 1 aliphatic rings. The van der Waals surface area contributed by atoms with Crippen molar-refractivity contribution in [1.82, 2.24) is 14.7 Å². The summed E-state index contributed by atoms with van der Waals surface area (Å²) in [5, 5.41) is 14.2. The standard InChI is InChI=1S/C25H29N3O4/c1-3-32-25(30)24-22-17-27(16-19-4-8-20(29)9-5-19)14-13-23(22)28(26-24)15-12-18-6-10-21(31-2)11-7-18/h4-11,29H,3,12-17H2,1-2H3. The summed E-state index contributed by atoms with van der Waals surface area (Å²) >= 11 is 0. The summed E-state index contributed by atoms with van der Waals surface area (Å²) < 4.78 is 12.5. The lowest BCUT2D eigenvalue weighted by molar-refractivity contribution is 0.0515. The molecule has 1 aromatic heterocycles. The zero-order valence-electron chi connectivity index (χ0n) is 18.6. The van der Waals surface area contributed by atoms with Crippen LogP contribution in [-0.2, 0) is 37.2 Å². The number of phenolic OH excluding ortho intramolecular Hbond substituents is 1. The lowest BCUT2D eigenvalue weighted by atomic mass is 10.0. The van der Waals surface area contributed by atoms with Crippen LogP contribution in [0.5, 0.6) is 11.5 Å². The van der Waals surface area contributed by atoms with Crippen molar-refractivity contribution in [2.24, 2.45) is 0 Å². The van der Waals surface area contributed by atoms with Crippen molar-refractivity contribution < 1.29 is 19.4 Å². The van der Waals surface area contributed by atoms with Gasteiger partial charge in [0.05, 0.1) is 13.7 Å². The molecule has 0 aliphatic carbocycles. The van der Waals surface area contributed by atoms with Gasteiger partial charge in [0.2, 0.25) is 0 Å². The lowest BCUT2D eigenvalue weighted by Crippen LogP contribution is -2.31. The summed E-state index contributed by atoms with van der Waals surface area (Å²) in [6.45, 7) is 5.11. The number of carbonyl (C=O) groups is 1. The van der Waals surface area contributed by atoms with Gasteiger partial charge in [0.1, 0.15) is 11.5 Å². The van der Waals surface area contributed by atoms with E-state index in [-0.39, 0.29) is 11.7 Å². The Morgan fingerprint density at radius 2 is 1.81 bits per heavy atom. The molecule has 0 radical (unpaired) electrons. The molecule has 7 nitrogen and oxygen atoms in total. The van der Waals surface area contributed by atoms with E-state index in [2.05, 4.69) is 22.1 Å². The molecule has 0 saturated carbocycles. The molecule has 0 atom stereocenters. The molecule has 2 heterocycles. The molecule has 2 aromatic carbocycles. The molecule has 3 aromatic rings. The first-order chi connectivity index (χ1) is 15.6. The second kappa shape index (κ2) is 9.87. The van der Waals surface area contributed by atoms with E-state index in [1.807, 2.05) is 35.9 Å². The Labute approximate surface area is 188 Å². The summed E-state index contributed by atoms with van der Waals surface area (Å²) in [5.74, 6) is 0.736. The van der Waals surface area contributed by atoms with Crippen LogP contribution in [0.1, 0.15) is 39.8 Å². The van der Waals surface area contributed by atoms with E-state index in [4.69, 9.17) is 9.47 Å². The summed E-state index contributed by atoms with van der Waals surface area (Å²) in [7, 11) is 1.66. The van der Waals surface area contributed by atoms with E-state index >= 15 is 0 Å². The predicted octanol–water partition coefficient (Wildman–Crippen LogP) is 3.58. The molecule has 0 bridgehead atoms. The van der Waals surface area contributed by atoms with Crippen LogP contribution in [0.4, 0.5) is 0 Å².